The number of benzene rings is 2. The summed E-state index contributed by atoms with van der Waals surface area (Å²) in [7, 11) is 0. The third-order valence-electron chi connectivity index (χ3n) is 5.84. The first kappa shape index (κ1) is 19.6. The molecule has 0 bridgehead atoms. The Bertz CT molecular complexity index is 911. The lowest BCUT2D eigenvalue weighted by Crippen LogP contribution is -2.34. The minimum absolute atomic E-state index is 0.0393. The Hall–Kier alpha value is -2.72. The largest absolute Gasteiger partial charge is 0.381 e. The summed E-state index contributed by atoms with van der Waals surface area (Å²) in [4.78, 5) is 28.9. The van der Waals surface area contributed by atoms with Gasteiger partial charge in [0.15, 0.2) is 5.78 Å². The summed E-state index contributed by atoms with van der Waals surface area (Å²) in [6.07, 6.45) is 5.33. The Morgan fingerprint density at radius 1 is 0.793 bits per heavy atom. The van der Waals surface area contributed by atoms with E-state index < -0.39 is 0 Å². The summed E-state index contributed by atoms with van der Waals surface area (Å²) in [6, 6.07) is 17.0. The number of carbonyl (C=O) groups excluding carboxylic acids is 2. The van der Waals surface area contributed by atoms with Crippen molar-refractivity contribution in [3.05, 3.63) is 82.6 Å². The fraction of sp³-hybridized carbons (Fsp3) is 0.360. The zero-order chi connectivity index (χ0) is 20.1. The van der Waals surface area contributed by atoms with Crippen molar-refractivity contribution in [3.8, 4) is 0 Å². The number of hydrogen-bond donors (Lipinski definition) is 1. The van der Waals surface area contributed by atoms with Gasteiger partial charge in [0, 0.05) is 29.7 Å². The van der Waals surface area contributed by atoms with Crippen LogP contribution in [0.25, 0.3) is 0 Å². The number of allylic oxidation sites excluding steroid dienone is 2. The van der Waals surface area contributed by atoms with E-state index in [9.17, 15) is 9.59 Å². The van der Waals surface area contributed by atoms with Crippen LogP contribution in [0.15, 0.2) is 65.9 Å². The summed E-state index contributed by atoms with van der Waals surface area (Å²) < 4.78 is 0. The first-order valence-corrected chi connectivity index (χ1v) is 10.7. The van der Waals surface area contributed by atoms with Gasteiger partial charge >= 0.3 is 0 Å². The van der Waals surface area contributed by atoms with Crippen LogP contribution in [0, 0.1) is 0 Å². The molecule has 1 heterocycles. The second-order valence-corrected chi connectivity index (χ2v) is 7.90. The molecule has 4 nitrogen and oxygen atoms in total. The number of carbonyl (C=O) groups is 2. The van der Waals surface area contributed by atoms with Gasteiger partial charge in [-0.25, -0.2) is 0 Å². The van der Waals surface area contributed by atoms with E-state index in [0.717, 1.165) is 18.5 Å². The Balaban J connectivity index is 1.52. The first-order valence-electron chi connectivity index (χ1n) is 10.7. The van der Waals surface area contributed by atoms with Crippen molar-refractivity contribution in [3.63, 3.8) is 0 Å². The minimum atomic E-state index is -0.0656. The Kier molecular flexibility index (Phi) is 6.20. The Morgan fingerprint density at radius 3 is 2.17 bits per heavy atom. The predicted molar refractivity (Wildman–Crippen MR) is 115 cm³/mol. The van der Waals surface area contributed by atoms with Crippen molar-refractivity contribution < 1.29 is 9.59 Å². The van der Waals surface area contributed by atoms with Crippen molar-refractivity contribution in [1.82, 2.24) is 10.2 Å². The number of ketones is 2. The van der Waals surface area contributed by atoms with E-state index >= 15 is 0 Å². The number of Topliss-reactive ketones (excluding diaryl/α,β-unsaturated/α-hetero) is 2. The summed E-state index contributed by atoms with van der Waals surface area (Å²) in [5, 5.41) is 3.34. The number of likely N-dealkylation sites (tertiary alicyclic amines) is 1. The number of nitrogens with one attached hydrogen (secondary N) is 1. The van der Waals surface area contributed by atoms with E-state index in [-0.39, 0.29) is 11.6 Å². The third kappa shape index (κ3) is 4.48. The van der Waals surface area contributed by atoms with Gasteiger partial charge < -0.3 is 10.2 Å². The van der Waals surface area contributed by atoms with Gasteiger partial charge in [-0.2, -0.15) is 0 Å². The predicted octanol–water partition coefficient (Wildman–Crippen LogP) is 4.03. The molecular formula is C25H28N2O2. The smallest absolute Gasteiger partial charge is 0.210 e. The second kappa shape index (κ2) is 9.19. The fourth-order valence-corrected chi connectivity index (χ4v) is 4.28. The van der Waals surface area contributed by atoms with Gasteiger partial charge in [0.2, 0.25) is 5.78 Å². The molecule has 29 heavy (non-hydrogen) atoms. The lowest BCUT2D eigenvalue weighted by atomic mass is 9.84. The topological polar surface area (TPSA) is 49.4 Å². The minimum Gasteiger partial charge on any atom is -0.381 e. The molecule has 2 aliphatic rings. The molecule has 4 heteroatoms. The summed E-state index contributed by atoms with van der Waals surface area (Å²) in [5.41, 5.74) is 3.12. The van der Waals surface area contributed by atoms with Gasteiger partial charge in [-0.15, -0.1) is 0 Å². The van der Waals surface area contributed by atoms with Crippen LogP contribution in [0.4, 0.5) is 0 Å². The molecule has 0 saturated carbocycles. The summed E-state index contributed by atoms with van der Waals surface area (Å²) in [5.74, 6) is -0.105. The van der Waals surface area contributed by atoms with E-state index in [0.29, 0.717) is 35.4 Å². The van der Waals surface area contributed by atoms with E-state index in [4.69, 9.17) is 0 Å². The van der Waals surface area contributed by atoms with Gasteiger partial charge in [0.25, 0.3) is 0 Å². The molecule has 1 aliphatic carbocycles. The van der Waals surface area contributed by atoms with Crippen molar-refractivity contribution in [2.75, 3.05) is 26.2 Å². The Labute approximate surface area is 172 Å². The highest BCUT2D eigenvalue weighted by atomic mass is 16.1. The maximum absolute atomic E-state index is 13.2. The van der Waals surface area contributed by atoms with Gasteiger partial charge in [0.1, 0.15) is 0 Å². The standard InChI is InChI=1S/C25H28N2O2/c28-24-20-12-5-6-13-21(20)25(29)23(22(24)18-19-10-3-1-4-11-19)26-14-9-17-27-15-7-2-8-16-27/h1,3-6,10-13,26H,2,7-9,14-18H2. The van der Waals surface area contributed by atoms with Crippen LogP contribution in [0.1, 0.15) is 52.0 Å². The number of hydrogen-bond acceptors (Lipinski definition) is 4. The van der Waals surface area contributed by atoms with Crippen molar-refractivity contribution in [2.45, 2.75) is 32.1 Å². The molecule has 1 fully saturated rings. The molecule has 1 N–H and O–H groups in total. The van der Waals surface area contributed by atoms with Crippen molar-refractivity contribution >= 4 is 11.6 Å². The fourth-order valence-electron chi connectivity index (χ4n) is 4.28. The van der Waals surface area contributed by atoms with E-state index in [1.54, 1.807) is 12.1 Å². The van der Waals surface area contributed by atoms with E-state index in [1.807, 2.05) is 42.5 Å². The monoisotopic (exact) mass is 388 g/mol. The highest BCUT2D eigenvalue weighted by Gasteiger charge is 2.31. The molecule has 0 spiro atoms. The molecule has 0 unspecified atom stereocenters. The van der Waals surface area contributed by atoms with Gasteiger partial charge in [-0.3, -0.25) is 9.59 Å². The molecule has 2 aromatic carbocycles. The molecule has 150 valence electrons. The highest BCUT2D eigenvalue weighted by molar-refractivity contribution is 6.26. The number of fused-ring (bicyclic) bond motifs is 1. The zero-order valence-corrected chi connectivity index (χ0v) is 16.8. The average Bonchev–Trinajstić information content (AvgIpc) is 2.78. The number of piperidine rings is 1. The lowest BCUT2D eigenvalue weighted by Gasteiger charge is -2.27. The molecular weight excluding hydrogens is 360 g/mol. The van der Waals surface area contributed by atoms with E-state index in [2.05, 4.69) is 10.2 Å². The third-order valence-corrected chi connectivity index (χ3v) is 5.84. The summed E-state index contributed by atoms with van der Waals surface area (Å²) >= 11 is 0. The normalized spacial score (nSPS) is 17.4. The van der Waals surface area contributed by atoms with Crippen LogP contribution >= 0.6 is 0 Å². The lowest BCUT2D eigenvalue weighted by molar-refractivity contribution is 0.0966. The number of rotatable bonds is 7. The quantitative estimate of drug-likeness (QED) is 0.728. The molecule has 2 aromatic rings. The van der Waals surface area contributed by atoms with Crippen LogP contribution < -0.4 is 5.32 Å². The maximum Gasteiger partial charge on any atom is 0.210 e. The maximum atomic E-state index is 13.2. The van der Waals surface area contributed by atoms with Crippen molar-refractivity contribution in [1.29, 1.82) is 0 Å². The molecule has 1 aliphatic heterocycles. The highest BCUT2D eigenvalue weighted by Crippen LogP contribution is 2.27. The average molecular weight is 389 g/mol. The first-order chi connectivity index (χ1) is 14.2. The SMILES string of the molecule is O=C1C(Cc2ccccc2)=C(NCCCN2CCCCC2)C(=O)c2ccccc21. The van der Waals surface area contributed by atoms with Crippen LogP contribution in [0.5, 0.6) is 0 Å². The molecule has 0 aromatic heterocycles. The second-order valence-electron chi connectivity index (χ2n) is 7.90. The molecule has 0 amide bonds. The summed E-state index contributed by atoms with van der Waals surface area (Å²) in [6.45, 7) is 4.08. The zero-order valence-electron chi connectivity index (χ0n) is 16.8. The van der Waals surface area contributed by atoms with Crippen molar-refractivity contribution in [2.24, 2.45) is 0 Å². The Morgan fingerprint density at radius 2 is 1.45 bits per heavy atom. The van der Waals surface area contributed by atoms with E-state index in [1.165, 1.54) is 32.4 Å². The molecule has 0 atom stereocenters. The van der Waals surface area contributed by atoms with Gasteiger partial charge in [0.05, 0.1) is 5.70 Å². The van der Waals surface area contributed by atoms with Crippen LogP contribution in [-0.2, 0) is 6.42 Å². The van der Waals surface area contributed by atoms with Crippen LogP contribution in [0.2, 0.25) is 0 Å². The van der Waals surface area contributed by atoms with Gasteiger partial charge in [-0.1, -0.05) is 61.0 Å². The van der Waals surface area contributed by atoms with Crippen LogP contribution in [-0.4, -0.2) is 42.6 Å². The number of nitrogens with zero attached hydrogens (tertiary/aromatic N) is 1. The molecule has 1 saturated heterocycles. The molecule has 0 radical (unpaired) electrons. The van der Waals surface area contributed by atoms with Crippen LogP contribution in [0.3, 0.4) is 0 Å². The molecule has 4 rings (SSSR count). The van der Waals surface area contributed by atoms with Gasteiger partial charge in [-0.05, 0) is 44.5 Å².